The summed E-state index contributed by atoms with van der Waals surface area (Å²) in [6.45, 7) is 8.92. The molecule has 7 nitrogen and oxygen atoms in total. The molecule has 0 aliphatic carbocycles. The summed E-state index contributed by atoms with van der Waals surface area (Å²) in [4.78, 5) is 4.70. The molecule has 0 aliphatic rings. The van der Waals surface area contributed by atoms with E-state index in [0.29, 0.717) is 23.9 Å². The summed E-state index contributed by atoms with van der Waals surface area (Å²) in [5.74, 6) is 3.78. The molecule has 3 aromatic heterocycles. The lowest BCUT2D eigenvalue weighted by Crippen LogP contribution is -1.98. The predicted molar refractivity (Wildman–Crippen MR) is 180 cm³/mol. The highest BCUT2D eigenvalue weighted by Gasteiger charge is 2.16. The quantitative estimate of drug-likeness (QED) is 0.176. The van der Waals surface area contributed by atoms with E-state index in [1.54, 1.807) is 7.11 Å². The van der Waals surface area contributed by atoms with E-state index in [9.17, 15) is 0 Å². The number of hydrogen-bond acceptors (Lipinski definition) is 5. The number of pyridine rings is 1. The molecule has 4 aromatic carbocycles. The average molecular weight is 595 g/mol. The topological polar surface area (TPSA) is 63.3 Å². The first kappa shape index (κ1) is 28.2. The molecule has 0 spiro atoms. The molecule has 3 heterocycles. The van der Waals surface area contributed by atoms with Crippen molar-refractivity contribution >= 4 is 21.8 Å². The molecule has 45 heavy (non-hydrogen) atoms. The summed E-state index contributed by atoms with van der Waals surface area (Å²) in [6, 6.07) is 28.7. The van der Waals surface area contributed by atoms with Crippen LogP contribution in [0, 0.1) is 20.8 Å². The zero-order valence-electron chi connectivity index (χ0n) is 26.0. The number of aryl methyl sites for hydroxylation is 3. The number of nitrogens with zero attached hydrogens (tertiary/aromatic N) is 4. The number of benzene rings is 4. The summed E-state index contributed by atoms with van der Waals surface area (Å²) >= 11 is 0. The van der Waals surface area contributed by atoms with E-state index in [-0.39, 0.29) is 0 Å². The van der Waals surface area contributed by atoms with Crippen molar-refractivity contribution in [2.75, 3.05) is 13.7 Å². The van der Waals surface area contributed by atoms with Gasteiger partial charge in [-0.2, -0.15) is 5.10 Å². The maximum absolute atomic E-state index is 6.50. The fraction of sp³-hybridized carbons (Fsp3) is 0.158. The molecule has 224 valence electrons. The molecular formula is C38H34N4O3. The van der Waals surface area contributed by atoms with E-state index in [4.69, 9.17) is 24.3 Å². The van der Waals surface area contributed by atoms with Gasteiger partial charge < -0.3 is 14.2 Å². The monoisotopic (exact) mass is 594 g/mol. The second kappa shape index (κ2) is 11.5. The van der Waals surface area contributed by atoms with Gasteiger partial charge in [-0.25, -0.2) is 9.67 Å². The minimum absolute atomic E-state index is 0.637. The zero-order chi connectivity index (χ0) is 31.1. The van der Waals surface area contributed by atoms with Crippen molar-refractivity contribution in [1.29, 1.82) is 0 Å². The molecule has 7 aromatic rings. The first-order valence-electron chi connectivity index (χ1n) is 15.0. The van der Waals surface area contributed by atoms with Crippen molar-refractivity contribution in [3.63, 3.8) is 0 Å². The first-order valence-corrected chi connectivity index (χ1v) is 15.0. The Hall–Kier alpha value is -5.56. The Morgan fingerprint density at radius 2 is 1.51 bits per heavy atom. The van der Waals surface area contributed by atoms with E-state index in [1.807, 2.05) is 60.5 Å². The Labute approximate surface area is 262 Å². The van der Waals surface area contributed by atoms with Gasteiger partial charge in [0, 0.05) is 53.0 Å². The summed E-state index contributed by atoms with van der Waals surface area (Å²) in [6.07, 6.45) is 5.78. The number of para-hydroxylation sites is 1. The van der Waals surface area contributed by atoms with E-state index in [2.05, 4.69) is 79.9 Å². The Morgan fingerprint density at radius 3 is 2.29 bits per heavy atom. The van der Waals surface area contributed by atoms with Gasteiger partial charge in [-0.3, -0.25) is 4.57 Å². The third kappa shape index (κ3) is 5.27. The third-order valence-electron chi connectivity index (χ3n) is 8.06. The molecule has 0 atom stereocenters. The largest absolute Gasteiger partial charge is 0.497 e. The minimum Gasteiger partial charge on any atom is -0.497 e. The van der Waals surface area contributed by atoms with Crippen molar-refractivity contribution in [3.05, 3.63) is 120 Å². The van der Waals surface area contributed by atoms with Crippen LogP contribution in [-0.2, 0) is 0 Å². The van der Waals surface area contributed by atoms with Crippen molar-refractivity contribution in [2.45, 2.75) is 27.7 Å². The molecule has 0 radical (unpaired) electrons. The van der Waals surface area contributed by atoms with E-state index >= 15 is 0 Å². The lowest BCUT2D eigenvalue weighted by molar-refractivity contribution is 0.340. The average Bonchev–Trinajstić information content (AvgIpc) is 3.64. The van der Waals surface area contributed by atoms with Gasteiger partial charge in [0.1, 0.15) is 28.8 Å². The Kier molecular flexibility index (Phi) is 7.22. The minimum atomic E-state index is 0.637. The SMILES string of the molecule is CCOc1cc(C)c(-c2cnn(-c3cc(OC)cc(Oc4ccc5c6ccccc6n(-c6cc(C)ccn6)c5c4)c3)c2)c(C)c1. The van der Waals surface area contributed by atoms with Crippen LogP contribution in [0.2, 0.25) is 0 Å². The van der Waals surface area contributed by atoms with Crippen LogP contribution in [0.5, 0.6) is 23.0 Å². The number of ether oxygens (including phenoxy) is 3. The molecule has 0 aliphatic heterocycles. The molecule has 0 saturated heterocycles. The van der Waals surface area contributed by atoms with Crippen LogP contribution in [-0.4, -0.2) is 33.0 Å². The lowest BCUT2D eigenvalue weighted by atomic mass is 9.98. The van der Waals surface area contributed by atoms with Gasteiger partial charge in [0.05, 0.1) is 36.6 Å². The van der Waals surface area contributed by atoms with Crippen LogP contribution in [0.1, 0.15) is 23.6 Å². The molecule has 0 amide bonds. The smallest absolute Gasteiger partial charge is 0.137 e. The molecule has 0 unspecified atom stereocenters. The zero-order valence-corrected chi connectivity index (χ0v) is 26.0. The van der Waals surface area contributed by atoms with Gasteiger partial charge in [0.15, 0.2) is 0 Å². The highest BCUT2D eigenvalue weighted by atomic mass is 16.5. The van der Waals surface area contributed by atoms with Crippen LogP contribution in [0.4, 0.5) is 0 Å². The fourth-order valence-corrected chi connectivity index (χ4v) is 6.13. The maximum atomic E-state index is 6.50. The highest BCUT2D eigenvalue weighted by molar-refractivity contribution is 6.09. The van der Waals surface area contributed by atoms with Crippen LogP contribution in [0.15, 0.2) is 104 Å². The fourth-order valence-electron chi connectivity index (χ4n) is 6.13. The summed E-state index contributed by atoms with van der Waals surface area (Å²) in [5.41, 5.74) is 8.56. The molecular weight excluding hydrogens is 560 g/mol. The van der Waals surface area contributed by atoms with Crippen LogP contribution >= 0.6 is 0 Å². The lowest BCUT2D eigenvalue weighted by Gasteiger charge is -2.12. The molecule has 0 N–H and O–H groups in total. The predicted octanol–water partition coefficient (Wildman–Crippen LogP) is 9.16. The molecule has 7 heteroatoms. The summed E-state index contributed by atoms with van der Waals surface area (Å²) in [5, 5.41) is 7.01. The van der Waals surface area contributed by atoms with E-state index in [0.717, 1.165) is 61.5 Å². The Morgan fingerprint density at radius 1 is 0.733 bits per heavy atom. The molecule has 0 bridgehead atoms. The Balaban J connectivity index is 1.26. The molecule has 0 saturated carbocycles. The number of fused-ring (bicyclic) bond motifs is 3. The normalized spacial score (nSPS) is 11.3. The second-order valence-electron chi connectivity index (χ2n) is 11.2. The van der Waals surface area contributed by atoms with Gasteiger partial charge in [-0.1, -0.05) is 18.2 Å². The van der Waals surface area contributed by atoms with Crippen LogP contribution < -0.4 is 14.2 Å². The van der Waals surface area contributed by atoms with Crippen molar-refractivity contribution < 1.29 is 14.2 Å². The third-order valence-corrected chi connectivity index (χ3v) is 8.06. The molecule has 0 fully saturated rings. The highest BCUT2D eigenvalue weighted by Crippen LogP contribution is 2.37. The van der Waals surface area contributed by atoms with E-state index < -0.39 is 0 Å². The van der Waals surface area contributed by atoms with Gasteiger partial charge in [0.25, 0.3) is 0 Å². The van der Waals surface area contributed by atoms with Gasteiger partial charge >= 0.3 is 0 Å². The van der Waals surface area contributed by atoms with Crippen molar-refractivity contribution in [3.8, 4) is 45.6 Å². The van der Waals surface area contributed by atoms with Crippen LogP contribution in [0.25, 0.3) is 44.4 Å². The molecule has 7 rings (SSSR count). The van der Waals surface area contributed by atoms with Gasteiger partial charge in [-0.15, -0.1) is 0 Å². The maximum Gasteiger partial charge on any atom is 0.137 e. The van der Waals surface area contributed by atoms with Gasteiger partial charge in [0.2, 0.25) is 0 Å². The number of methoxy groups -OCH3 is 1. The first-order chi connectivity index (χ1) is 21.9. The van der Waals surface area contributed by atoms with Crippen molar-refractivity contribution in [2.24, 2.45) is 0 Å². The van der Waals surface area contributed by atoms with Gasteiger partial charge in [-0.05, 0) is 92.4 Å². The standard InChI is InChI=1S/C38H34N4O3/c1-6-44-31-16-25(3)38(26(4)17-31)27-22-40-41(23-27)28-18-30(43-5)20-32(19-28)45-29-11-12-34-33-9-7-8-10-35(33)42(36(34)21-29)37-15-24(2)13-14-39-37/h7-23H,6H2,1-5H3. The van der Waals surface area contributed by atoms with E-state index in [1.165, 1.54) is 5.39 Å². The number of rotatable bonds is 8. The second-order valence-corrected chi connectivity index (χ2v) is 11.2. The number of aromatic nitrogens is 4. The Bertz CT molecular complexity index is 2170. The summed E-state index contributed by atoms with van der Waals surface area (Å²) < 4.78 is 22.0. The number of hydrogen-bond donors (Lipinski definition) is 0. The summed E-state index contributed by atoms with van der Waals surface area (Å²) in [7, 11) is 1.66. The van der Waals surface area contributed by atoms with Crippen molar-refractivity contribution in [1.82, 2.24) is 19.3 Å². The van der Waals surface area contributed by atoms with Crippen LogP contribution in [0.3, 0.4) is 0 Å².